The number of carbonyl (C=O) groups excluding carboxylic acids is 2. The van der Waals surface area contributed by atoms with Crippen LogP contribution >= 0.6 is 11.3 Å². The zero-order valence-electron chi connectivity index (χ0n) is 15.0. The number of nitrogen functional groups attached to an aromatic ring is 1. The molecule has 14 nitrogen and oxygen atoms in total. The number of aromatic nitrogens is 1. The Morgan fingerprint density at radius 2 is 2.10 bits per heavy atom. The first-order valence-corrected chi connectivity index (χ1v) is 10.0. The molecule has 2 heterocycles. The molecule has 0 aromatic carbocycles. The number of nitrogens with zero attached hydrogens (tertiary/aromatic N) is 3. The molecule has 0 saturated carbocycles. The smallest absolute Gasteiger partial charge is 0.362 e. The molecule has 2 atom stereocenters. The predicted molar refractivity (Wildman–Crippen MR) is 97.1 cm³/mol. The Labute approximate surface area is 167 Å². The summed E-state index contributed by atoms with van der Waals surface area (Å²) in [5, 5.41) is 25.4. The minimum Gasteiger partial charge on any atom is -0.478 e. The molecule has 2 amide bonds. The molecule has 0 spiro atoms. The molecule has 1 aromatic rings. The van der Waals surface area contributed by atoms with Gasteiger partial charge in [-0.1, -0.05) is 5.16 Å². The fourth-order valence-corrected chi connectivity index (χ4v) is 3.57. The maximum atomic E-state index is 12.6. The molecule has 0 bridgehead atoms. The molecule has 1 saturated heterocycles. The number of aliphatic hydroxyl groups excluding tert-OH is 1. The fraction of sp³-hybridized carbons (Fsp3) is 0.462. The van der Waals surface area contributed by atoms with Crippen LogP contribution in [-0.2, 0) is 29.5 Å². The highest BCUT2D eigenvalue weighted by Crippen LogP contribution is 2.23. The summed E-state index contributed by atoms with van der Waals surface area (Å²) >= 11 is 0.944. The number of oxime groups is 1. The first-order chi connectivity index (χ1) is 13.3. The minimum absolute atomic E-state index is 0.0135. The van der Waals surface area contributed by atoms with E-state index < -0.39 is 58.1 Å². The number of aliphatic hydroxyl groups is 1. The Morgan fingerprint density at radius 3 is 2.55 bits per heavy atom. The second-order valence-electron chi connectivity index (χ2n) is 6.23. The van der Waals surface area contributed by atoms with E-state index in [4.69, 9.17) is 20.2 Å². The molecule has 1 aliphatic rings. The van der Waals surface area contributed by atoms with Gasteiger partial charge in [0.2, 0.25) is 5.60 Å². The van der Waals surface area contributed by atoms with E-state index in [1.807, 2.05) is 0 Å². The van der Waals surface area contributed by atoms with Crippen LogP contribution in [-0.4, -0.2) is 80.3 Å². The first-order valence-electron chi connectivity index (χ1n) is 7.73. The van der Waals surface area contributed by atoms with Crippen LogP contribution < -0.4 is 11.1 Å². The fourth-order valence-electron chi connectivity index (χ4n) is 2.15. The van der Waals surface area contributed by atoms with Gasteiger partial charge in [-0.2, -0.15) is 8.42 Å². The van der Waals surface area contributed by atoms with Gasteiger partial charge < -0.3 is 26.1 Å². The number of thiazole rings is 1. The molecule has 29 heavy (non-hydrogen) atoms. The van der Waals surface area contributed by atoms with E-state index in [2.05, 4.69) is 15.5 Å². The van der Waals surface area contributed by atoms with Gasteiger partial charge >= 0.3 is 16.3 Å². The zero-order chi connectivity index (χ0) is 22.1. The minimum atomic E-state index is -4.93. The van der Waals surface area contributed by atoms with Gasteiger partial charge in [0, 0.05) is 5.38 Å². The number of nitrogens with one attached hydrogen (secondary N) is 1. The van der Waals surface area contributed by atoms with Crippen LogP contribution in [0.5, 0.6) is 0 Å². The summed E-state index contributed by atoms with van der Waals surface area (Å²) in [6, 6.07) is -2.94. The van der Waals surface area contributed by atoms with Gasteiger partial charge in [-0.25, -0.2) is 14.1 Å². The number of nitrogens with two attached hydrogens (primary N) is 1. The standard InChI is InChI=1S/C13H17N5O9S2/c1-13(2,11(22)23)27-17-7(5-4-28-12(14)15-5)9(20)16-8-6(3-19)18(10(8)21)29(24,25)26/h4,6,8,19H,3H2,1-2H3,(H2,14,15)(H,16,20)(H,22,23)(H,24,25,26)/b17-7-/t6-,8+/m0/s1. The Kier molecular flexibility index (Phi) is 6.12. The van der Waals surface area contributed by atoms with E-state index in [9.17, 15) is 27.9 Å². The third kappa shape index (κ3) is 4.61. The summed E-state index contributed by atoms with van der Waals surface area (Å²) in [6.45, 7) is 1.46. The highest BCUT2D eigenvalue weighted by atomic mass is 32.2. The van der Waals surface area contributed by atoms with Crippen molar-refractivity contribution >= 4 is 50.3 Å². The lowest BCUT2D eigenvalue weighted by Gasteiger charge is -2.43. The highest BCUT2D eigenvalue weighted by Gasteiger charge is 2.54. The van der Waals surface area contributed by atoms with Gasteiger partial charge in [-0.15, -0.1) is 11.3 Å². The molecule has 6 N–H and O–H groups in total. The number of hydrogen-bond donors (Lipinski definition) is 5. The topological polar surface area (TPSA) is 222 Å². The van der Waals surface area contributed by atoms with E-state index in [1.165, 1.54) is 19.2 Å². The Morgan fingerprint density at radius 1 is 1.48 bits per heavy atom. The van der Waals surface area contributed by atoms with Crippen molar-refractivity contribution in [3.63, 3.8) is 0 Å². The average Bonchev–Trinajstić information content (AvgIpc) is 3.01. The van der Waals surface area contributed by atoms with Crippen LogP contribution in [0.25, 0.3) is 0 Å². The summed E-state index contributed by atoms with van der Waals surface area (Å²) in [7, 11) is -4.93. The molecular formula is C13H17N5O9S2. The maximum Gasteiger partial charge on any atom is 0.362 e. The van der Waals surface area contributed by atoms with Gasteiger partial charge in [0.1, 0.15) is 17.8 Å². The van der Waals surface area contributed by atoms with Crippen LogP contribution in [0.3, 0.4) is 0 Å². The first kappa shape index (κ1) is 22.5. The van der Waals surface area contributed by atoms with Crippen molar-refractivity contribution < 1.29 is 42.4 Å². The Bertz CT molecular complexity index is 971. The molecule has 1 aromatic heterocycles. The molecule has 160 valence electrons. The third-order valence-corrected chi connectivity index (χ3v) is 5.37. The lowest BCUT2D eigenvalue weighted by molar-refractivity contribution is -0.161. The van der Waals surface area contributed by atoms with E-state index in [1.54, 1.807) is 0 Å². The van der Waals surface area contributed by atoms with Gasteiger partial charge in [-0.05, 0) is 13.8 Å². The molecule has 0 radical (unpaired) electrons. The summed E-state index contributed by atoms with van der Waals surface area (Å²) in [6.07, 6.45) is 0. The van der Waals surface area contributed by atoms with Gasteiger partial charge in [-0.3, -0.25) is 14.1 Å². The monoisotopic (exact) mass is 451 g/mol. The van der Waals surface area contributed by atoms with E-state index in [0.29, 0.717) is 0 Å². The van der Waals surface area contributed by atoms with Crippen molar-refractivity contribution in [3.05, 3.63) is 11.1 Å². The number of carboxylic acid groups (broad SMARTS) is 1. The van der Waals surface area contributed by atoms with E-state index >= 15 is 0 Å². The van der Waals surface area contributed by atoms with Crippen LogP contribution in [0.2, 0.25) is 0 Å². The van der Waals surface area contributed by atoms with Gasteiger partial charge in [0.25, 0.3) is 11.8 Å². The number of hydrogen-bond acceptors (Lipinski definition) is 11. The Balaban J connectivity index is 2.29. The summed E-state index contributed by atoms with van der Waals surface area (Å²) in [5.41, 5.74) is 3.07. The van der Waals surface area contributed by atoms with E-state index in [-0.39, 0.29) is 15.1 Å². The lowest BCUT2D eigenvalue weighted by Crippen LogP contribution is -2.73. The number of amides is 2. The molecule has 2 rings (SSSR count). The second-order valence-corrected chi connectivity index (χ2v) is 8.41. The second kappa shape index (κ2) is 7.90. The van der Waals surface area contributed by atoms with Gasteiger partial charge in [0.15, 0.2) is 10.8 Å². The van der Waals surface area contributed by atoms with Crippen molar-refractivity contribution in [2.45, 2.75) is 31.5 Å². The van der Waals surface area contributed by atoms with Crippen molar-refractivity contribution in [2.24, 2.45) is 5.16 Å². The highest BCUT2D eigenvalue weighted by molar-refractivity contribution is 7.84. The largest absolute Gasteiger partial charge is 0.478 e. The lowest BCUT2D eigenvalue weighted by atomic mass is 9.99. The van der Waals surface area contributed by atoms with E-state index in [0.717, 1.165) is 11.3 Å². The number of carbonyl (C=O) groups is 3. The van der Waals surface area contributed by atoms with Crippen molar-refractivity contribution in [2.75, 3.05) is 12.3 Å². The SMILES string of the molecule is CC(C)(O/N=C(\C(=O)N[C@H]1C(=O)N(S(=O)(=O)O)[C@H]1CO)c1csc(N)n1)C(=O)O. The van der Waals surface area contributed by atoms with Crippen LogP contribution in [0.4, 0.5) is 5.13 Å². The number of carboxylic acids is 1. The van der Waals surface area contributed by atoms with Crippen molar-refractivity contribution in [3.8, 4) is 0 Å². The molecular weight excluding hydrogens is 434 g/mol. The summed E-state index contributed by atoms with van der Waals surface area (Å²) in [5.74, 6) is -3.65. The summed E-state index contributed by atoms with van der Waals surface area (Å²) in [4.78, 5) is 44.4. The quantitative estimate of drug-likeness (QED) is 0.123. The van der Waals surface area contributed by atoms with Crippen LogP contribution in [0, 0.1) is 0 Å². The molecule has 1 fully saturated rings. The van der Waals surface area contributed by atoms with Crippen LogP contribution in [0.15, 0.2) is 10.5 Å². The number of rotatable bonds is 8. The summed E-state index contributed by atoms with van der Waals surface area (Å²) < 4.78 is 31.4. The van der Waals surface area contributed by atoms with Crippen LogP contribution in [0.1, 0.15) is 19.5 Å². The maximum absolute atomic E-state index is 12.6. The normalized spacial score (nSPS) is 20.2. The number of anilines is 1. The molecule has 1 aliphatic heterocycles. The molecule has 16 heteroatoms. The molecule has 0 unspecified atom stereocenters. The number of β-lactam (4-membered cyclic amide) rings is 1. The van der Waals surface area contributed by atoms with Gasteiger partial charge in [0.05, 0.1) is 6.61 Å². The average molecular weight is 451 g/mol. The number of aliphatic carboxylic acids is 1. The zero-order valence-corrected chi connectivity index (χ0v) is 16.6. The third-order valence-electron chi connectivity index (χ3n) is 3.75. The van der Waals surface area contributed by atoms with Crippen molar-refractivity contribution in [1.82, 2.24) is 14.6 Å². The molecule has 0 aliphatic carbocycles. The Hall–Kier alpha value is -2.82. The predicted octanol–water partition coefficient (Wildman–Crippen LogP) is -2.20. The van der Waals surface area contributed by atoms with Crippen molar-refractivity contribution in [1.29, 1.82) is 0 Å².